The topological polar surface area (TPSA) is 37.8 Å². The number of rotatable bonds is 4. The fourth-order valence-electron chi connectivity index (χ4n) is 2.13. The fourth-order valence-corrected chi connectivity index (χ4v) is 2.58. The molecule has 1 heterocycles. The first-order valence-electron chi connectivity index (χ1n) is 6.07. The first-order chi connectivity index (χ1) is 7.81. The molecule has 1 saturated carbocycles. The third-order valence-corrected chi connectivity index (χ3v) is 3.81. The lowest BCUT2D eigenvalue weighted by molar-refractivity contribution is 0.667. The van der Waals surface area contributed by atoms with E-state index in [2.05, 4.69) is 44.8 Å². The molecule has 0 amide bonds. The monoisotopic (exact) mass is 331 g/mol. The summed E-state index contributed by atoms with van der Waals surface area (Å²) in [5.41, 5.74) is 0. The number of nitrogens with one attached hydrogen (secondary N) is 1. The van der Waals surface area contributed by atoms with Crippen molar-refractivity contribution in [3.05, 3.63) is 15.6 Å². The van der Waals surface area contributed by atoms with E-state index in [4.69, 9.17) is 0 Å². The van der Waals surface area contributed by atoms with Crippen molar-refractivity contribution in [2.24, 2.45) is 0 Å². The highest BCUT2D eigenvalue weighted by Crippen LogP contribution is 2.32. The van der Waals surface area contributed by atoms with E-state index >= 15 is 0 Å². The van der Waals surface area contributed by atoms with Crippen LogP contribution < -0.4 is 5.32 Å². The Balaban J connectivity index is 2.13. The Morgan fingerprint density at radius 1 is 1.44 bits per heavy atom. The van der Waals surface area contributed by atoms with Gasteiger partial charge in [0.1, 0.15) is 11.6 Å². The molecule has 16 heavy (non-hydrogen) atoms. The van der Waals surface area contributed by atoms with Crippen LogP contribution in [0.15, 0.2) is 6.20 Å². The molecule has 1 aromatic rings. The van der Waals surface area contributed by atoms with Gasteiger partial charge in [-0.3, -0.25) is 0 Å². The number of hydrogen-bond acceptors (Lipinski definition) is 3. The zero-order valence-corrected chi connectivity index (χ0v) is 11.8. The standard InChI is InChI=1S/C12H18IN3/c1-2-7-14-12-10(13)8-15-11(16-12)9-5-3-4-6-9/h8-9H,2-7H2,1H3,(H,14,15,16). The summed E-state index contributed by atoms with van der Waals surface area (Å²) < 4.78 is 1.12. The number of halogens is 1. The van der Waals surface area contributed by atoms with Gasteiger partial charge < -0.3 is 5.32 Å². The highest BCUT2D eigenvalue weighted by molar-refractivity contribution is 14.1. The molecule has 1 aliphatic rings. The van der Waals surface area contributed by atoms with E-state index in [-0.39, 0.29) is 0 Å². The summed E-state index contributed by atoms with van der Waals surface area (Å²) in [7, 11) is 0. The molecule has 88 valence electrons. The SMILES string of the molecule is CCCNc1nc(C2CCCC2)ncc1I. The van der Waals surface area contributed by atoms with Crippen LogP contribution in [-0.2, 0) is 0 Å². The molecule has 0 aliphatic heterocycles. The van der Waals surface area contributed by atoms with Crippen LogP contribution in [0.3, 0.4) is 0 Å². The molecule has 0 saturated heterocycles. The summed E-state index contributed by atoms with van der Waals surface area (Å²) >= 11 is 2.29. The van der Waals surface area contributed by atoms with Gasteiger partial charge in [0.15, 0.2) is 0 Å². The normalized spacial score (nSPS) is 16.6. The lowest BCUT2D eigenvalue weighted by Gasteiger charge is -2.11. The molecule has 1 aliphatic carbocycles. The van der Waals surface area contributed by atoms with Gasteiger partial charge >= 0.3 is 0 Å². The van der Waals surface area contributed by atoms with E-state index < -0.39 is 0 Å². The molecule has 1 fully saturated rings. The molecule has 0 spiro atoms. The van der Waals surface area contributed by atoms with Crippen molar-refractivity contribution < 1.29 is 0 Å². The molecule has 1 aromatic heterocycles. The Morgan fingerprint density at radius 3 is 2.88 bits per heavy atom. The minimum Gasteiger partial charge on any atom is -0.369 e. The summed E-state index contributed by atoms with van der Waals surface area (Å²) in [5.74, 6) is 2.65. The zero-order valence-electron chi connectivity index (χ0n) is 9.67. The summed E-state index contributed by atoms with van der Waals surface area (Å²) in [6.07, 6.45) is 8.25. The lowest BCUT2D eigenvalue weighted by atomic mass is 10.1. The second-order valence-electron chi connectivity index (χ2n) is 4.33. The third-order valence-electron chi connectivity index (χ3n) is 3.03. The van der Waals surface area contributed by atoms with Crippen molar-refractivity contribution in [2.45, 2.75) is 44.9 Å². The molecule has 0 aromatic carbocycles. The molecular formula is C12H18IN3. The Bertz CT molecular complexity index is 348. The number of aromatic nitrogens is 2. The smallest absolute Gasteiger partial charge is 0.143 e. The van der Waals surface area contributed by atoms with Gasteiger partial charge in [0.25, 0.3) is 0 Å². The van der Waals surface area contributed by atoms with Gasteiger partial charge in [-0.2, -0.15) is 0 Å². The minimum absolute atomic E-state index is 0.596. The molecule has 0 unspecified atom stereocenters. The predicted octanol–water partition coefficient (Wildman–Crippen LogP) is 3.56. The molecule has 2 rings (SSSR count). The van der Waals surface area contributed by atoms with Crippen molar-refractivity contribution in [3.63, 3.8) is 0 Å². The maximum atomic E-state index is 4.66. The first-order valence-corrected chi connectivity index (χ1v) is 7.15. The first kappa shape index (κ1) is 12.1. The molecule has 0 radical (unpaired) electrons. The second kappa shape index (κ2) is 5.80. The molecule has 0 bridgehead atoms. The van der Waals surface area contributed by atoms with E-state index in [1.165, 1.54) is 25.7 Å². The van der Waals surface area contributed by atoms with Crippen LogP contribution in [0.2, 0.25) is 0 Å². The van der Waals surface area contributed by atoms with Crippen molar-refractivity contribution in [3.8, 4) is 0 Å². The summed E-state index contributed by atoms with van der Waals surface area (Å²) in [6, 6.07) is 0. The largest absolute Gasteiger partial charge is 0.369 e. The van der Waals surface area contributed by atoms with Crippen LogP contribution in [0, 0.1) is 3.57 Å². The van der Waals surface area contributed by atoms with Gasteiger partial charge in [-0.1, -0.05) is 19.8 Å². The quantitative estimate of drug-likeness (QED) is 0.858. The number of anilines is 1. The average molecular weight is 331 g/mol. The van der Waals surface area contributed by atoms with Gasteiger partial charge in [-0.25, -0.2) is 9.97 Å². The summed E-state index contributed by atoms with van der Waals surface area (Å²) in [4.78, 5) is 9.13. The summed E-state index contributed by atoms with van der Waals surface area (Å²) in [6.45, 7) is 3.15. The average Bonchev–Trinajstić information content (AvgIpc) is 2.81. The van der Waals surface area contributed by atoms with Gasteiger partial charge in [-0.05, 0) is 41.9 Å². The molecule has 4 heteroatoms. The maximum Gasteiger partial charge on any atom is 0.143 e. The van der Waals surface area contributed by atoms with Crippen molar-refractivity contribution in [2.75, 3.05) is 11.9 Å². The van der Waals surface area contributed by atoms with E-state index in [9.17, 15) is 0 Å². The number of hydrogen-bond donors (Lipinski definition) is 1. The van der Waals surface area contributed by atoms with E-state index in [0.717, 1.165) is 28.2 Å². The van der Waals surface area contributed by atoms with E-state index in [1.54, 1.807) is 0 Å². The highest BCUT2D eigenvalue weighted by atomic mass is 127. The fraction of sp³-hybridized carbons (Fsp3) is 0.667. The van der Waals surface area contributed by atoms with Crippen LogP contribution in [0.25, 0.3) is 0 Å². The van der Waals surface area contributed by atoms with E-state index in [1.807, 2.05) is 6.20 Å². The predicted molar refractivity (Wildman–Crippen MR) is 74.7 cm³/mol. The number of nitrogens with zero attached hydrogens (tertiary/aromatic N) is 2. The second-order valence-corrected chi connectivity index (χ2v) is 5.50. The van der Waals surface area contributed by atoms with Gasteiger partial charge in [0, 0.05) is 18.7 Å². The van der Waals surface area contributed by atoms with E-state index in [0.29, 0.717) is 5.92 Å². The Kier molecular flexibility index (Phi) is 4.37. The van der Waals surface area contributed by atoms with Crippen LogP contribution in [0.1, 0.15) is 50.8 Å². The van der Waals surface area contributed by atoms with Crippen molar-refractivity contribution in [1.29, 1.82) is 0 Å². The van der Waals surface area contributed by atoms with Crippen LogP contribution in [0.5, 0.6) is 0 Å². The Morgan fingerprint density at radius 2 is 2.19 bits per heavy atom. The molecule has 0 atom stereocenters. The van der Waals surface area contributed by atoms with Gasteiger partial charge in [0.05, 0.1) is 3.57 Å². The zero-order chi connectivity index (χ0) is 11.4. The highest BCUT2D eigenvalue weighted by Gasteiger charge is 2.20. The van der Waals surface area contributed by atoms with Crippen molar-refractivity contribution >= 4 is 28.4 Å². The Hall–Kier alpha value is -0.390. The van der Waals surface area contributed by atoms with Crippen molar-refractivity contribution in [1.82, 2.24) is 9.97 Å². The van der Waals surface area contributed by atoms with Gasteiger partial charge in [-0.15, -0.1) is 0 Å². The third kappa shape index (κ3) is 2.84. The maximum absolute atomic E-state index is 4.66. The lowest BCUT2D eigenvalue weighted by Crippen LogP contribution is -2.08. The summed E-state index contributed by atoms with van der Waals surface area (Å²) in [5, 5.41) is 3.37. The van der Waals surface area contributed by atoms with Crippen LogP contribution in [-0.4, -0.2) is 16.5 Å². The molecular weight excluding hydrogens is 313 g/mol. The molecule has 3 nitrogen and oxygen atoms in total. The van der Waals surface area contributed by atoms with Crippen LogP contribution in [0.4, 0.5) is 5.82 Å². The van der Waals surface area contributed by atoms with Crippen LogP contribution >= 0.6 is 22.6 Å². The van der Waals surface area contributed by atoms with Gasteiger partial charge in [0.2, 0.25) is 0 Å². The minimum atomic E-state index is 0.596. The Labute approximate surface area is 111 Å². The molecule has 1 N–H and O–H groups in total.